The molecule has 0 radical (unpaired) electrons. The van der Waals surface area contributed by atoms with E-state index in [0.29, 0.717) is 12.5 Å². The van der Waals surface area contributed by atoms with Gasteiger partial charge in [0.1, 0.15) is 6.10 Å². The largest absolute Gasteiger partial charge is 0.370 e. The summed E-state index contributed by atoms with van der Waals surface area (Å²) >= 11 is 0. The molecule has 2 unspecified atom stereocenters. The van der Waals surface area contributed by atoms with E-state index in [4.69, 9.17) is 10.5 Å². The van der Waals surface area contributed by atoms with Crippen LogP contribution in [0, 0.1) is 11.3 Å². The van der Waals surface area contributed by atoms with E-state index >= 15 is 0 Å². The van der Waals surface area contributed by atoms with Crippen molar-refractivity contribution >= 4 is 5.91 Å². The van der Waals surface area contributed by atoms with Crippen molar-refractivity contribution in [2.75, 3.05) is 20.2 Å². The highest BCUT2D eigenvalue weighted by molar-refractivity contribution is 5.80. The predicted octanol–water partition coefficient (Wildman–Crippen LogP) is 0.759. The number of hydrogen-bond donors (Lipinski definition) is 2. The average Bonchev–Trinajstić information content (AvgIpc) is 2.14. The molecule has 0 aliphatic heterocycles. The maximum Gasteiger partial charge on any atom is 0.250 e. The fourth-order valence-corrected chi connectivity index (χ4v) is 0.984. The molecule has 0 saturated carbocycles. The number of rotatable bonds is 5. The van der Waals surface area contributed by atoms with E-state index in [9.17, 15) is 4.79 Å². The molecule has 0 aromatic rings. The summed E-state index contributed by atoms with van der Waals surface area (Å²) in [4.78, 5) is 11.5. The fourth-order valence-electron chi connectivity index (χ4n) is 0.984. The van der Waals surface area contributed by atoms with Gasteiger partial charge in [0.2, 0.25) is 5.91 Å². The molecule has 4 heteroatoms. The van der Waals surface area contributed by atoms with Crippen LogP contribution in [0.5, 0.6) is 0 Å². The number of amides is 1. The van der Waals surface area contributed by atoms with Crippen molar-refractivity contribution in [3.8, 4) is 0 Å². The van der Waals surface area contributed by atoms with Gasteiger partial charge in [0, 0.05) is 20.2 Å². The zero-order chi connectivity index (χ0) is 12.1. The Morgan fingerprint density at radius 2 is 2.00 bits per heavy atom. The molecule has 0 aromatic carbocycles. The van der Waals surface area contributed by atoms with E-state index in [1.807, 2.05) is 0 Å². The lowest BCUT2D eigenvalue weighted by molar-refractivity contribution is -0.130. The molecule has 3 N–H and O–H groups in total. The SMILES string of the molecule is COC(CN)C(=O)NCC(C)C(C)(C)C. The number of hydrogen-bond acceptors (Lipinski definition) is 3. The minimum atomic E-state index is -0.530. The van der Waals surface area contributed by atoms with E-state index in [-0.39, 0.29) is 17.9 Å². The first-order valence-corrected chi connectivity index (χ1v) is 5.33. The third-order valence-corrected chi connectivity index (χ3v) is 2.85. The zero-order valence-electron chi connectivity index (χ0n) is 10.5. The number of carbonyl (C=O) groups excluding carboxylic acids is 1. The molecule has 0 spiro atoms. The first-order valence-electron chi connectivity index (χ1n) is 5.33. The van der Waals surface area contributed by atoms with Crippen molar-refractivity contribution in [2.24, 2.45) is 17.1 Å². The monoisotopic (exact) mass is 216 g/mol. The van der Waals surface area contributed by atoms with Gasteiger partial charge in [0.25, 0.3) is 0 Å². The topological polar surface area (TPSA) is 64.3 Å². The van der Waals surface area contributed by atoms with Crippen LogP contribution in [-0.4, -0.2) is 32.2 Å². The van der Waals surface area contributed by atoms with Gasteiger partial charge >= 0.3 is 0 Å². The Balaban J connectivity index is 4.00. The molecule has 15 heavy (non-hydrogen) atoms. The van der Waals surface area contributed by atoms with Crippen LogP contribution in [-0.2, 0) is 9.53 Å². The minimum absolute atomic E-state index is 0.129. The molecule has 90 valence electrons. The number of carbonyl (C=O) groups is 1. The van der Waals surface area contributed by atoms with Crippen molar-refractivity contribution in [3.05, 3.63) is 0 Å². The van der Waals surface area contributed by atoms with Gasteiger partial charge in [-0.2, -0.15) is 0 Å². The van der Waals surface area contributed by atoms with Crippen LogP contribution in [0.25, 0.3) is 0 Å². The summed E-state index contributed by atoms with van der Waals surface area (Å²) in [6.45, 7) is 9.45. The molecule has 0 bridgehead atoms. The standard InChI is InChI=1S/C11H24N2O2/c1-8(11(2,3)4)7-13-10(14)9(6-12)15-5/h8-9H,6-7,12H2,1-5H3,(H,13,14). The normalized spacial score (nSPS) is 15.9. The van der Waals surface area contributed by atoms with Gasteiger partial charge in [-0.05, 0) is 11.3 Å². The summed E-state index contributed by atoms with van der Waals surface area (Å²) in [6.07, 6.45) is -0.530. The summed E-state index contributed by atoms with van der Waals surface area (Å²) in [5.41, 5.74) is 5.58. The molecule has 4 nitrogen and oxygen atoms in total. The molecule has 0 aliphatic rings. The van der Waals surface area contributed by atoms with E-state index in [0.717, 1.165) is 0 Å². The fraction of sp³-hybridized carbons (Fsp3) is 0.909. The van der Waals surface area contributed by atoms with Gasteiger partial charge in [0.05, 0.1) is 0 Å². The summed E-state index contributed by atoms with van der Waals surface area (Å²) in [6, 6.07) is 0. The highest BCUT2D eigenvalue weighted by Gasteiger charge is 2.22. The average molecular weight is 216 g/mol. The molecule has 0 aromatic heterocycles. The van der Waals surface area contributed by atoms with Crippen molar-refractivity contribution < 1.29 is 9.53 Å². The van der Waals surface area contributed by atoms with E-state index in [1.54, 1.807) is 0 Å². The molecule has 2 atom stereocenters. The van der Waals surface area contributed by atoms with E-state index in [2.05, 4.69) is 33.0 Å². The first kappa shape index (κ1) is 14.4. The molecular formula is C11H24N2O2. The van der Waals surface area contributed by atoms with Gasteiger partial charge in [-0.3, -0.25) is 4.79 Å². The number of ether oxygens (including phenoxy) is 1. The smallest absolute Gasteiger partial charge is 0.250 e. The Morgan fingerprint density at radius 1 is 1.47 bits per heavy atom. The highest BCUT2D eigenvalue weighted by atomic mass is 16.5. The van der Waals surface area contributed by atoms with Crippen LogP contribution < -0.4 is 11.1 Å². The Bertz CT molecular complexity index is 195. The Labute approximate surface area is 92.6 Å². The second-order valence-electron chi connectivity index (χ2n) is 4.97. The lowest BCUT2D eigenvalue weighted by Gasteiger charge is -2.27. The number of methoxy groups -OCH3 is 1. The van der Waals surface area contributed by atoms with Gasteiger partial charge in [0.15, 0.2) is 0 Å². The second kappa shape index (κ2) is 6.08. The van der Waals surface area contributed by atoms with Gasteiger partial charge in [-0.25, -0.2) is 0 Å². The second-order valence-corrected chi connectivity index (χ2v) is 4.97. The quantitative estimate of drug-likeness (QED) is 0.713. The maximum absolute atomic E-state index is 11.5. The summed E-state index contributed by atoms with van der Waals surface area (Å²) in [7, 11) is 1.49. The molecule has 0 rings (SSSR count). The zero-order valence-corrected chi connectivity index (χ0v) is 10.5. The van der Waals surface area contributed by atoms with Crippen molar-refractivity contribution in [2.45, 2.75) is 33.8 Å². The summed E-state index contributed by atoms with van der Waals surface area (Å²) in [5.74, 6) is 0.285. The minimum Gasteiger partial charge on any atom is -0.370 e. The molecular weight excluding hydrogens is 192 g/mol. The highest BCUT2D eigenvalue weighted by Crippen LogP contribution is 2.24. The van der Waals surface area contributed by atoms with Crippen LogP contribution in [0.1, 0.15) is 27.7 Å². The van der Waals surface area contributed by atoms with E-state index in [1.165, 1.54) is 7.11 Å². The van der Waals surface area contributed by atoms with Crippen molar-refractivity contribution in [3.63, 3.8) is 0 Å². The van der Waals surface area contributed by atoms with Crippen molar-refractivity contribution in [1.29, 1.82) is 0 Å². The third-order valence-electron chi connectivity index (χ3n) is 2.85. The Hall–Kier alpha value is -0.610. The van der Waals surface area contributed by atoms with Crippen LogP contribution >= 0.6 is 0 Å². The molecule has 0 aliphatic carbocycles. The Morgan fingerprint density at radius 3 is 2.33 bits per heavy atom. The lowest BCUT2D eigenvalue weighted by Crippen LogP contribution is -2.43. The molecule has 0 heterocycles. The van der Waals surface area contributed by atoms with Crippen LogP contribution in [0.4, 0.5) is 0 Å². The lowest BCUT2D eigenvalue weighted by atomic mass is 9.82. The third kappa shape index (κ3) is 5.14. The Kier molecular flexibility index (Phi) is 5.83. The first-order chi connectivity index (χ1) is 6.82. The van der Waals surface area contributed by atoms with Crippen molar-refractivity contribution in [1.82, 2.24) is 5.32 Å². The number of nitrogens with two attached hydrogens (primary N) is 1. The molecule has 1 amide bonds. The molecule has 0 fully saturated rings. The van der Waals surface area contributed by atoms with Gasteiger partial charge < -0.3 is 15.8 Å². The number of nitrogens with one attached hydrogen (secondary N) is 1. The van der Waals surface area contributed by atoms with E-state index < -0.39 is 6.10 Å². The van der Waals surface area contributed by atoms with Gasteiger partial charge in [-0.15, -0.1) is 0 Å². The van der Waals surface area contributed by atoms with Gasteiger partial charge in [-0.1, -0.05) is 27.7 Å². The maximum atomic E-state index is 11.5. The molecule has 0 saturated heterocycles. The summed E-state index contributed by atoms with van der Waals surface area (Å²) < 4.78 is 4.94. The summed E-state index contributed by atoms with van der Waals surface area (Å²) in [5, 5.41) is 2.85. The van der Waals surface area contributed by atoms with Crippen LogP contribution in [0.15, 0.2) is 0 Å². The van der Waals surface area contributed by atoms with Crippen LogP contribution in [0.3, 0.4) is 0 Å². The predicted molar refractivity (Wildman–Crippen MR) is 61.5 cm³/mol. The van der Waals surface area contributed by atoms with Crippen LogP contribution in [0.2, 0.25) is 0 Å².